The van der Waals surface area contributed by atoms with Gasteiger partial charge in [-0.2, -0.15) is 5.26 Å². The summed E-state index contributed by atoms with van der Waals surface area (Å²) >= 11 is 1.23. The summed E-state index contributed by atoms with van der Waals surface area (Å²) < 4.78 is 0. The van der Waals surface area contributed by atoms with Gasteiger partial charge in [0.05, 0.1) is 0 Å². The third-order valence-corrected chi connectivity index (χ3v) is 2.97. The van der Waals surface area contributed by atoms with Crippen molar-refractivity contribution in [1.29, 1.82) is 5.26 Å². The summed E-state index contributed by atoms with van der Waals surface area (Å²) in [5.74, 6) is 0. The lowest BCUT2D eigenvalue weighted by molar-refractivity contribution is 0.589. The van der Waals surface area contributed by atoms with E-state index in [1.807, 2.05) is 6.07 Å². The van der Waals surface area contributed by atoms with Crippen LogP contribution in [0.1, 0.15) is 31.9 Å². The van der Waals surface area contributed by atoms with Gasteiger partial charge < -0.3 is 0 Å². The number of thioether (sulfide) groups is 1. The molecule has 0 heterocycles. The fourth-order valence-corrected chi connectivity index (χ4v) is 1.73. The van der Waals surface area contributed by atoms with Crippen molar-refractivity contribution in [1.82, 2.24) is 0 Å². The molecule has 74 valence electrons. The molecule has 0 atom stereocenters. The van der Waals surface area contributed by atoms with Crippen molar-refractivity contribution >= 4 is 11.8 Å². The smallest absolute Gasteiger partial charge is 0.138 e. The monoisotopic (exact) mass is 205 g/mol. The van der Waals surface area contributed by atoms with E-state index in [-0.39, 0.29) is 5.41 Å². The van der Waals surface area contributed by atoms with E-state index in [4.69, 9.17) is 5.26 Å². The zero-order valence-electron chi connectivity index (χ0n) is 9.09. The van der Waals surface area contributed by atoms with E-state index in [0.717, 1.165) is 4.90 Å². The Morgan fingerprint density at radius 1 is 1.29 bits per heavy atom. The number of thiocyanates is 1. The first-order chi connectivity index (χ1) is 6.45. The molecule has 0 aliphatic carbocycles. The standard InChI is InChI=1S/C12H15NS/c1-9-7-10(12(2,3)4)5-6-11(9)14-8-13/h5-7H,1-4H3. The molecule has 0 aliphatic heterocycles. The van der Waals surface area contributed by atoms with Crippen LogP contribution in [0.25, 0.3) is 0 Å². The zero-order chi connectivity index (χ0) is 10.8. The molecule has 0 amide bonds. The number of hydrogen-bond acceptors (Lipinski definition) is 2. The minimum atomic E-state index is 0.181. The van der Waals surface area contributed by atoms with Crippen molar-refractivity contribution in [3.05, 3.63) is 29.3 Å². The molecule has 0 N–H and O–H groups in total. The molecule has 0 saturated carbocycles. The quantitative estimate of drug-likeness (QED) is 0.513. The molecule has 14 heavy (non-hydrogen) atoms. The first-order valence-electron chi connectivity index (χ1n) is 4.62. The minimum absolute atomic E-state index is 0.181. The number of nitrogens with zero attached hydrogens (tertiary/aromatic N) is 1. The molecule has 0 spiro atoms. The van der Waals surface area contributed by atoms with Gasteiger partial charge in [0.25, 0.3) is 0 Å². The van der Waals surface area contributed by atoms with Crippen molar-refractivity contribution in [2.75, 3.05) is 0 Å². The van der Waals surface area contributed by atoms with Gasteiger partial charge in [0.15, 0.2) is 0 Å². The van der Waals surface area contributed by atoms with Crippen molar-refractivity contribution in [3.63, 3.8) is 0 Å². The molecule has 1 aromatic rings. The largest absolute Gasteiger partial charge is 0.185 e. The Bertz CT molecular complexity index is 369. The van der Waals surface area contributed by atoms with Gasteiger partial charge in [0, 0.05) is 4.90 Å². The maximum absolute atomic E-state index is 8.59. The molecule has 1 nitrogen and oxygen atoms in total. The van der Waals surface area contributed by atoms with Crippen LogP contribution in [0.15, 0.2) is 23.1 Å². The van der Waals surface area contributed by atoms with Crippen LogP contribution in [0, 0.1) is 17.6 Å². The third kappa shape index (κ3) is 2.52. The van der Waals surface area contributed by atoms with Crippen LogP contribution in [0.2, 0.25) is 0 Å². The molecule has 0 bridgehead atoms. The molecule has 1 rings (SSSR count). The molecule has 0 aliphatic rings. The topological polar surface area (TPSA) is 23.8 Å². The normalized spacial score (nSPS) is 11.1. The number of nitriles is 1. The molecule has 0 saturated heterocycles. The predicted molar refractivity (Wildman–Crippen MR) is 61.3 cm³/mol. The second-order valence-electron chi connectivity index (χ2n) is 4.42. The van der Waals surface area contributed by atoms with Crippen LogP contribution in [-0.4, -0.2) is 0 Å². The number of hydrogen-bond donors (Lipinski definition) is 0. The first-order valence-corrected chi connectivity index (χ1v) is 5.44. The Kier molecular flexibility index (Phi) is 3.23. The van der Waals surface area contributed by atoms with E-state index >= 15 is 0 Å². The van der Waals surface area contributed by atoms with Crippen LogP contribution >= 0.6 is 11.8 Å². The average Bonchev–Trinajstić information content (AvgIpc) is 2.07. The maximum Gasteiger partial charge on any atom is 0.138 e. The number of aryl methyl sites for hydroxylation is 1. The van der Waals surface area contributed by atoms with Crippen molar-refractivity contribution in [2.45, 2.75) is 38.0 Å². The Morgan fingerprint density at radius 2 is 1.93 bits per heavy atom. The maximum atomic E-state index is 8.59. The lowest BCUT2D eigenvalue weighted by Gasteiger charge is -2.20. The van der Waals surface area contributed by atoms with Gasteiger partial charge >= 0.3 is 0 Å². The highest BCUT2D eigenvalue weighted by Crippen LogP contribution is 2.28. The molecular formula is C12H15NS. The van der Waals surface area contributed by atoms with Crippen molar-refractivity contribution in [2.24, 2.45) is 0 Å². The number of benzene rings is 1. The zero-order valence-corrected chi connectivity index (χ0v) is 9.90. The first kappa shape index (κ1) is 11.1. The summed E-state index contributed by atoms with van der Waals surface area (Å²) in [4.78, 5) is 1.06. The highest BCUT2D eigenvalue weighted by atomic mass is 32.2. The molecule has 1 aromatic carbocycles. The van der Waals surface area contributed by atoms with Crippen molar-refractivity contribution < 1.29 is 0 Å². The summed E-state index contributed by atoms with van der Waals surface area (Å²) in [6, 6.07) is 6.30. The lowest BCUT2D eigenvalue weighted by atomic mass is 9.86. The number of rotatable bonds is 1. The fourth-order valence-electron chi connectivity index (χ4n) is 1.28. The van der Waals surface area contributed by atoms with Gasteiger partial charge in [-0.05, 0) is 41.3 Å². The van der Waals surface area contributed by atoms with E-state index < -0.39 is 0 Å². The van der Waals surface area contributed by atoms with Crippen LogP contribution in [0.4, 0.5) is 0 Å². The molecule has 0 aromatic heterocycles. The van der Waals surface area contributed by atoms with E-state index in [9.17, 15) is 0 Å². The van der Waals surface area contributed by atoms with Crippen LogP contribution in [0.5, 0.6) is 0 Å². The van der Waals surface area contributed by atoms with E-state index in [1.54, 1.807) is 0 Å². The van der Waals surface area contributed by atoms with Crippen LogP contribution < -0.4 is 0 Å². The highest BCUT2D eigenvalue weighted by molar-refractivity contribution is 8.03. The van der Waals surface area contributed by atoms with Gasteiger partial charge in [-0.15, -0.1) is 0 Å². The Balaban J connectivity index is 3.08. The predicted octanol–water partition coefficient (Wildman–Crippen LogP) is 3.87. The molecule has 2 heteroatoms. The Morgan fingerprint density at radius 3 is 2.36 bits per heavy atom. The Labute approximate surface area is 90.1 Å². The molecule has 0 fully saturated rings. The van der Waals surface area contributed by atoms with Gasteiger partial charge in [0.1, 0.15) is 5.40 Å². The van der Waals surface area contributed by atoms with E-state index in [2.05, 4.69) is 45.2 Å². The highest BCUT2D eigenvalue weighted by Gasteiger charge is 2.14. The third-order valence-electron chi connectivity index (χ3n) is 2.20. The Hall–Kier alpha value is -0.940. The second-order valence-corrected chi connectivity index (χ2v) is 5.25. The van der Waals surface area contributed by atoms with Crippen LogP contribution in [-0.2, 0) is 5.41 Å². The molecular weight excluding hydrogens is 190 g/mol. The molecule has 0 unspecified atom stereocenters. The molecule has 0 radical (unpaired) electrons. The van der Waals surface area contributed by atoms with Gasteiger partial charge in [0.2, 0.25) is 0 Å². The van der Waals surface area contributed by atoms with E-state index in [0.29, 0.717) is 0 Å². The average molecular weight is 205 g/mol. The fraction of sp³-hybridized carbons (Fsp3) is 0.417. The van der Waals surface area contributed by atoms with Gasteiger partial charge in [-0.25, -0.2) is 0 Å². The van der Waals surface area contributed by atoms with Gasteiger partial charge in [-0.3, -0.25) is 0 Å². The van der Waals surface area contributed by atoms with Crippen molar-refractivity contribution in [3.8, 4) is 5.40 Å². The van der Waals surface area contributed by atoms with E-state index in [1.165, 1.54) is 22.9 Å². The summed E-state index contributed by atoms with van der Waals surface area (Å²) in [6.07, 6.45) is 0. The summed E-state index contributed by atoms with van der Waals surface area (Å²) in [5, 5.41) is 10.7. The summed E-state index contributed by atoms with van der Waals surface area (Å²) in [5.41, 5.74) is 2.68. The summed E-state index contributed by atoms with van der Waals surface area (Å²) in [6.45, 7) is 8.63. The lowest BCUT2D eigenvalue weighted by Crippen LogP contribution is -2.11. The minimum Gasteiger partial charge on any atom is -0.185 e. The van der Waals surface area contributed by atoms with Gasteiger partial charge in [-0.1, -0.05) is 32.9 Å². The van der Waals surface area contributed by atoms with Crippen LogP contribution in [0.3, 0.4) is 0 Å². The SMILES string of the molecule is Cc1cc(C(C)(C)C)ccc1SC#N. The second kappa shape index (κ2) is 4.06. The summed E-state index contributed by atoms with van der Waals surface area (Å²) in [7, 11) is 0.